The molecule has 0 unspecified atom stereocenters. The lowest BCUT2D eigenvalue weighted by atomic mass is 10.0. The summed E-state index contributed by atoms with van der Waals surface area (Å²) in [6, 6.07) is 12.0. The van der Waals surface area contributed by atoms with Gasteiger partial charge in [0, 0.05) is 4.90 Å². The van der Waals surface area contributed by atoms with Crippen molar-refractivity contribution in [1.82, 2.24) is 0 Å². The van der Waals surface area contributed by atoms with Crippen LogP contribution in [0.2, 0.25) is 0 Å². The zero-order chi connectivity index (χ0) is 14.5. The summed E-state index contributed by atoms with van der Waals surface area (Å²) in [6.07, 6.45) is 0. The zero-order valence-corrected chi connectivity index (χ0v) is 12.7. The van der Waals surface area contributed by atoms with Gasteiger partial charge in [0.05, 0.1) is 12.9 Å². The van der Waals surface area contributed by atoms with Gasteiger partial charge in [0.2, 0.25) is 5.76 Å². The average Bonchev–Trinajstić information content (AvgIpc) is 2.93. The number of hydrogen-bond donors (Lipinski definition) is 0. The minimum atomic E-state index is -0.442. The molecule has 2 aromatic rings. The van der Waals surface area contributed by atoms with E-state index < -0.39 is 5.97 Å². The van der Waals surface area contributed by atoms with Crippen LogP contribution in [0.1, 0.15) is 41.6 Å². The van der Waals surface area contributed by atoms with Crippen molar-refractivity contribution in [3.8, 4) is 0 Å². The second-order valence-electron chi connectivity index (χ2n) is 4.77. The maximum absolute atomic E-state index is 11.3. The summed E-state index contributed by atoms with van der Waals surface area (Å²) >= 11 is 1.68. The van der Waals surface area contributed by atoms with Crippen molar-refractivity contribution in [3.05, 3.63) is 53.5 Å². The van der Waals surface area contributed by atoms with E-state index >= 15 is 0 Å². The van der Waals surface area contributed by atoms with Crippen molar-refractivity contribution in [3.63, 3.8) is 0 Å². The monoisotopic (exact) mass is 290 g/mol. The van der Waals surface area contributed by atoms with Crippen LogP contribution in [0.3, 0.4) is 0 Å². The molecule has 0 fully saturated rings. The topological polar surface area (TPSA) is 39.4 Å². The third-order valence-electron chi connectivity index (χ3n) is 2.98. The molecule has 0 saturated carbocycles. The van der Waals surface area contributed by atoms with Crippen LogP contribution in [0.5, 0.6) is 0 Å². The Labute approximate surface area is 123 Å². The number of methoxy groups -OCH3 is 1. The first-order chi connectivity index (χ1) is 9.60. The van der Waals surface area contributed by atoms with Crippen LogP contribution >= 0.6 is 11.8 Å². The molecule has 20 heavy (non-hydrogen) atoms. The molecule has 1 aromatic carbocycles. The Bertz CT molecular complexity index is 570. The van der Waals surface area contributed by atoms with Gasteiger partial charge in [-0.15, -0.1) is 11.8 Å². The van der Waals surface area contributed by atoms with Crippen LogP contribution in [0.4, 0.5) is 0 Å². The van der Waals surface area contributed by atoms with E-state index in [1.165, 1.54) is 17.6 Å². The Hall–Kier alpha value is -1.68. The number of benzene rings is 1. The number of carbonyl (C=O) groups is 1. The smallest absolute Gasteiger partial charge is 0.373 e. The fourth-order valence-electron chi connectivity index (χ4n) is 1.77. The predicted octanol–water partition coefficient (Wildman–Crippen LogP) is 4.48. The second-order valence-corrected chi connectivity index (χ2v) is 5.82. The van der Waals surface area contributed by atoms with Crippen LogP contribution < -0.4 is 0 Å². The first-order valence-electron chi connectivity index (χ1n) is 6.50. The Morgan fingerprint density at radius 3 is 2.50 bits per heavy atom. The van der Waals surface area contributed by atoms with Gasteiger partial charge < -0.3 is 9.15 Å². The molecule has 2 rings (SSSR count). The molecule has 0 N–H and O–H groups in total. The molecular formula is C16H18O3S. The Morgan fingerprint density at radius 1 is 1.20 bits per heavy atom. The van der Waals surface area contributed by atoms with Gasteiger partial charge >= 0.3 is 5.97 Å². The van der Waals surface area contributed by atoms with Gasteiger partial charge in [-0.3, -0.25) is 0 Å². The lowest BCUT2D eigenvalue weighted by Gasteiger charge is -2.06. The zero-order valence-electron chi connectivity index (χ0n) is 11.9. The Balaban J connectivity index is 1.94. The minimum absolute atomic E-state index is 0.248. The highest BCUT2D eigenvalue weighted by molar-refractivity contribution is 7.98. The fraction of sp³-hybridized carbons (Fsp3) is 0.312. The molecular weight excluding hydrogens is 272 g/mol. The average molecular weight is 290 g/mol. The van der Waals surface area contributed by atoms with Crippen molar-refractivity contribution < 1.29 is 13.9 Å². The summed E-state index contributed by atoms with van der Waals surface area (Å²) in [5.41, 5.74) is 1.33. The molecule has 0 atom stereocenters. The van der Waals surface area contributed by atoms with E-state index in [1.54, 1.807) is 17.8 Å². The highest BCUT2D eigenvalue weighted by Crippen LogP contribution is 2.25. The highest BCUT2D eigenvalue weighted by Gasteiger charge is 2.11. The molecule has 0 saturated heterocycles. The molecule has 0 aliphatic rings. The summed E-state index contributed by atoms with van der Waals surface area (Å²) in [7, 11) is 1.34. The number of thioether (sulfide) groups is 1. The van der Waals surface area contributed by atoms with E-state index in [-0.39, 0.29) is 5.76 Å². The molecule has 3 nitrogen and oxygen atoms in total. The molecule has 1 heterocycles. The van der Waals surface area contributed by atoms with Gasteiger partial charge in [-0.2, -0.15) is 0 Å². The van der Waals surface area contributed by atoms with Gasteiger partial charge in [-0.05, 0) is 35.7 Å². The first-order valence-corrected chi connectivity index (χ1v) is 7.48. The van der Waals surface area contributed by atoms with Crippen molar-refractivity contribution in [2.75, 3.05) is 7.11 Å². The maximum Gasteiger partial charge on any atom is 0.373 e. The van der Waals surface area contributed by atoms with Crippen molar-refractivity contribution in [2.45, 2.75) is 30.4 Å². The van der Waals surface area contributed by atoms with Gasteiger partial charge in [-0.1, -0.05) is 26.0 Å². The van der Waals surface area contributed by atoms with Crippen molar-refractivity contribution in [2.24, 2.45) is 0 Å². The Morgan fingerprint density at radius 2 is 1.90 bits per heavy atom. The van der Waals surface area contributed by atoms with Crippen LogP contribution in [0, 0.1) is 0 Å². The lowest BCUT2D eigenvalue weighted by Crippen LogP contribution is -1.98. The van der Waals surface area contributed by atoms with Gasteiger partial charge in [0.1, 0.15) is 5.76 Å². The molecule has 0 bridgehead atoms. The summed E-state index contributed by atoms with van der Waals surface area (Å²) < 4.78 is 10.0. The van der Waals surface area contributed by atoms with Crippen molar-refractivity contribution >= 4 is 17.7 Å². The number of carbonyl (C=O) groups excluding carboxylic acids is 1. The molecule has 0 spiro atoms. The third-order valence-corrected chi connectivity index (χ3v) is 4.01. The molecule has 106 valence electrons. The molecule has 0 amide bonds. The summed E-state index contributed by atoms with van der Waals surface area (Å²) in [6.45, 7) is 4.36. The number of furan rings is 1. The van der Waals surface area contributed by atoms with Crippen LogP contribution in [-0.2, 0) is 10.5 Å². The van der Waals surface area contributed by atoms with Gasteiger partial charge in [0.25, 0.3) is 0 Å². The minimum Gasteiger partial charge on any atom is -0.463 e. The quantitative estimate of drug-likeness (QED) is 0.601. The highest BCUT2D eigenvalue weighted by atomic mass is 32.2. The standard InChI is InChI=1S/C16H18O3S/c1-11(2)12-4-7-14(8-5-12)20-10-13-6-9-15(19-13)16(17)18-3/h4-9,11H,10H2,1-3H3. The molecule has 0 aliphatic heterocycles. The van der Waals surface area contributed by atoms with E-state index in [0.717, 1.165) is 5.76 Å². The maximum atomic E-state index is 11.3. The lowest BCUT2D eigenvalue weighted by molar-refractivity contribution is 0.0563. The number of rotatable bonds is 5. The third kappa shape index (κ3) is 3.67. The van der Waals surface area contributed by atoms with E-state index in [4.69, 9.17) is 4.42 Å². The Kier molecular flexibility index (Phi) is 4.90. The first kappa shape index (κ1) is 14.7. The normalized spacial score (nSPS) is 10.8. The van der Waals surface area contributed by atoms with Gasteiger partial charge in [-0.25, -0.2) is 4.79 Å². The molecule has 4 heteroatoms. The number of esters is 1. The predicted molar refractivity (Wildman–Crippen MR) is 80.1 cm³/mol. The van der Waals surface area contributed by atoms with Gasteiger partial charge in [0.15, 0.2) is 0 Å². The fourth-order valence-corrected chi connectivity index (χ4v) is 2.56. The summed E-state index contributed by atoms with van der Waals surface area (Å²) in [5, 5.41) is 0. The van der Waals surface area contributed by atoms with Crippen LogP contribution in [0.25, 0.3) is 0 Å². The number of ether oxygens (including phenoxy) is 1. The molecule has 0 aliphatic carbocycles. The van der Waals surface area contributed by atoms with Crippen molar-refractivity contribution in [1.29, 1.82) is 0 Å². The van der Waals surface area contributed by atoms with Crippen LogP contribution in [-0.4, -0.2) is 13.1 Å². The second kappa shape index (κ2) is 6.66. The SMILES string of the molecule is COC(=O)c1ccc(CSc2ccc(C(C)C)cc2)o1. The summed E-state index contributed by atoms with van der Waals surface area (Å²) in [5.74, 6) is 1.81. The van der Waals surface area contributed by atoms with E-state index in [2.05, 4.69) is 42.8 Å². The van der Waals surface area contributed by atoms with E-state index in [1.807, 2.05) is 6.07 Å². The molecule has 1 aromatic heterocycles. The number of hydrogen-bond acceptors (Lipinski definition) is 4. The largest absolute Gasteiger partial charge is 0.463 e. The van der Waals surface area contributed by atoms with Crippen LogP contribution in [0.15, 0.2) is 45.7 Å². The summed E-state index contributed by atoms with van der Waals surface area (Å²) in [4.78, 5) is 12.5. The molecule has 0 radical (unpaired) electrons. The van der Waals surface area contributed by atoms with E-state index in [9.17, 15) is 4.79 Å². The van der Waals surface area contributed by atoms with E-state index in [0.29, 0.717) is 11.7 Å².